The largest absolute Gasteiger partial charge is 0.320 e. The lowest BCUT2D eigenvalue weighted by molar-refractivity contribution is -0.384. The Morgan fingerprint density at radius 1 is 1.55 bits per heavy atom. The zero-order valence-corrected chi connectivity index (χ0v) is 12.9. The Morgan fingerprint density at radius 2 is 2.32 bits per heavy atom. The first-order valence-electron chi connectivity index (χ1n) is 6.88. The van der Waals surface area contributed by atoms with Crippen LogP contribution >= 0.6 is 11.8 Å². The van der Waals surface area contributed by atoms with E-state index < -0.39 is 10.8 Å². The summed E-state index contributed by atoms with van der Waals surface area (Å²) in [7, 11) is 0. The number of amides is 1. The SMILES string of the molecule is CCCSC1=C(C#N)C(c2cccc([N+](=O)[O-])c2)CC(=O)N1. The summed E-state index contributed by atoms with van der Waals surface area (Å²) in [5.41, 5.74) is 1.05. The van der Waals surface area contributed by atoms with E-state index in [9.17, 15) is 20.2 Å². The molecule has 0 bridgehead atoms. The van der Waals surface area contributed by atoms with Gasteiger partial charge in [0.15, 0.2) is 0 Å². The van der Waals surface area contributed by atoms with Gasteiger partial charge in [-0.05, 0) is 17.7 Å². The van der Waals surface area contributed by atoms with Crippen molar-refractivity contribution in [3.8, 4) is 6.07 Å². The van der Waals surface area contributed by atoms with E-state index in [-0.39, 0.29) is 18.0 Å². The van der Waals surface area contributed by atoms with Gasteiger partial charge in [0.25, 0.3) is 5.69 Å². The van der Waals surface area contributed by atoms with Crippen LogP contribution in [0.2, 0.25) is 0 Å². The van der Waals surface area contributed by atoms with Crippen LogP contribution in [0.1, 0.15) is 31.2 Å². The number of benzene rings is 1. The highest BCUT2D eigenvalue weighted by atomic mass is 32.2. The molecular formula is C15H15N3O3S. The summed E-state index contributed by atoms with van der Waals surface area (Å²) in [5.74, 6) is 0.190. The molecule has 114 valence electrons. The highest BCUT2D eigenvalue weighted by Gasteiger charge is 2.30. The number of hydrogen-bond donors (Lipinski definition) is 1. The van der Waals surface area contributed by atoms with Crippen LogP contribution < -0.4 is 5.32 Å². The van der Waals surface area contributed by atoms with Gasteiger partial charge in [-0.1, -0.05) is 19.1 Å². The highest BCUT2D eigenvalue weighted by Crippen LogP contribution is 2.36. The minimum atomic E-state index is -0.477. The summed E-state index contributed by atoms with van der Waals surface area (Å²) in [4.78, 5) is 22.3. The summed E-state index contributed by atoms with van der Waals surface area (Å²) in [6.07, 6.45) is 1.05. The van der Waals surface area contributed by atoms with Gasteiger partial charge in [-0.3, -0.25) is 14.9 Å². The van der Waals surface area contributed by atoms with Crippen LogP contribution in [-0.2, 0) is 4.79 Å². The molecule has 1 amide bonds. The number of carbonyl (C=O) groups is 1. The molecule has 1 aliphatic rings. The zero-order valence-electron chi connectivity index (χ0n) is 12.0. The lowest BCUT2D eigenvalue weighted by Crippen LogP contribution is -2.30. The average Bonchev–Trinajstić information content (AvgIpc) is 2.52. The van der Waals surface area contributed by atoms with Crippen LogP contribution in [0.15, 0.2) is 34.9 Å². The predicted octanol–water partition coefficient (Wildman–Crippen LogP) is 3.08. The molecule has 0 aliphatic carbocycles. The van der Waals surface area contributed by atoms with Gasteiger partial charge >= 0.3 is 0 Å². The van der Waals surface area contributed by atoms with Crippen LogP contribution in [0, 0.1) is 21.4 Å². The number of hydrogen-bond acceptors (Lipinski definition) is 5. The molecule has 0 radical (unpaired) electrons. The first-order chi connectivity index (χ1) is 10.6. The van der Waals surface area contributed by atoms with Crippen LogP contribution in [-0.4, -0.2) is 16.6 Å². The monoisotopic (exact) mass is 317 g/mol. The van der Waals surface area contributed by atoms with Crippen molar-refractivity contribution in [3.05, 3.63) is 50.5 Å². The molecule has 0 saturated carbocycles. The molecule has 1 aromatic rings. The molecule has 7 heteroatoms. The molecule has 1 aromatic carbocycles. The quantitative estimate of drug-likeness (QED) is 0.665. The van der Waals surface area contributed by atoms with Gasteiger partial charge in [-0.15, -0.1) is 11.8 Å². The number of nitriles is 1. The fraction of sp³-hybridized carbons (Fsp3) is 0.333. The van der Waals surface area contributed by atoms with Crippen molar-refractivity contribution in [1.29, 1.82) is 5.26 Å². The van der Waals surface area contributed by atoms with Crippen molar-refractivity contribution < 1.29 is 9.72 Å². The van der Waals surface area contributed by atoms with Gasteiger partial charge in [-0.25, -0.2) is 0 Å². The zero-order chi connectivity index (χ0) is 16.1. The van der Waals surface area contributed by atoms with Crippen molar-refractivity contribution in [3.63, 3.8) is 0 Å². The van der Waals surface area contributed by atoms with E-state index in [1.165, 1.54) is 23.9 Å². The van der Waals surface area contributed by atoms with Crippen molar-refractivity contribution >= 4 is 23.4 Å². The normalized spacial score (nSPS) is 17.8. The average molecular weight is 317 g/mol. The predicted molar refractivity (Wildman–Crippen MR) is 84.0 cm³/mol. The van der Waals surface area contributed by atoms with Gasteiger partial charge in [0.2, 0.25) is 5.91 Å². The minimum absolute atomic E-state index is 0.0384. The number of rotatable bonds is 5. The standard InChI is InChI=1S/C15H15N3O3S/c1-2-6-22-15-13(9-16)12(8-14(19)17-15)10-4-3-5-11(7-10)18(20)21/h3-5,7,12H,2,6,8H2,1H3,(H,17,19). The Morgan fingerprint density at radius 3 is 2.95 bits per heavy atom. The Labute approximate surface area is 132 Å². The third kappa shape index (κ3) is 3.46. The summed E-state index contributed by atoms with van der Waals surface area (Å²) in [6.45, 7) is 2.02. The molecule has 1 aliphatic heterocycles. The van der Waals surface area contributed by atoms with E-state index >= 15 is 0 Å². The second kappa shape index (κ2) is 7.09. The number of nitro groups is 1. The first-order valence-corrected chi connectivity index (χ1v) is 7.86. The fourth-order valence-corrected chi connectivity index (χ4v) is 3.21. The van der Waals surface area contributed by atoms with Gasteiger partial charge < -0.3 is 5.32 Å². The number of non-ortho nitro benzene ring substituents is 1. The molecule has 0 aromatic heterocycles. The molecule has 0 saturated heterocycles. The van der Waals surface area contributed by atoms with Gasteiger partial charge in [-0.2, -0.15) is 5.26 Å². The first kappa shape index (κ1) is 16.0. The topological polar surface area (TPSA) is 96.0 Å². The van der Waals surface area contributed by atoms with Crippen molar-refractivity contribution in [2.45, 2.75) is 25.7 Å². The fourth-order valence-electron chi connectivity index (χ4n) is 2.28. The summed E-state index contributed by atoms with van der Waals surface area (Å²) in [5, 5.41) is 23.7. The van der Waals surface area contributed by atoms with E-state index in [0.717, 1.165) is 12.2 Å². The highest BCUT2D eigenvalue weighted by molar-refractivity contribution is 8.03. The maximum atomic E-state index is 11.9. The Bertz CT molecular complexity index is 679. The van der Waals surface area contributed by atoms with Gasteiger partial charge in [0, 0.05) is 24.5 Å². The number of nitrogens with zero attached hydrogens (tertiary/aromatic N) is 2. The molecule has 2 rings (SSSR count). The van der Waals surface area contributed by atoms with Crippen molar-refractivity contribution in [2.24, 2.45) is 0 Å². The molecular weight excluding hydrogens is 302 g/mol. The Kier molecular flexibility index (Phi) is 5.17. The Hall–Kier alpha value is -2.33. The number of carbonyl (C=O) groups excluding carboxylic acids is 1. The van der Waals surface area contributed by atoms with E-state index in [1.54, 1.807) is 12.1 Å². The summed E-state index contributed by atoms with van der Waals surface area (Å²) in [6, 6.07) is 8.28. The summed E-state index contributed by atoms with van der Waals surface area (Å²) < 4.78 is 0. The maximum absolute atomic E-state index is 11.9. The smallest absolute Gasteiger partial charge is 0.269 e. The van der Waals surface area contributed by atoms with E-state index in [1.807, 2.05) is 6.92 Å². The third-order valence-corrected chi connectivity index (χ3v) is 4.51. The lowest BCUT2D eigenvalue weighted by atomic mass is 9.87. The van der Waals surface area contributed by atoms with Crippen LogP contribution in [0.25, 0.3) is 0 Å². The van der Waals surface area contributed by atoms with Crippen molar-refractivity contribution in [1.82, 2.24) is 5.32 Å². The third-order valence-electron chi connectivity index (χ3n) is 3.29. The van der Waals surface area contributed by atoms with E-state index in [4.69, 9.17) is 0 Å². The van der Waals surface area contributed by atoms with E-state index in [2.05, 4.69) is 11.4 Å². The number of nitrogens with one attached hydrogen (secondary N) is 1. The van der Waals surface area contributed by atoms with Crippen LogP contribution in [0.3, 0.4) is 0 Å². The minimum Gasteiger partial charge on any atom is -0.320 e. The van der Waals surface area contributed by atoms with Crippen molar-refractivity contribution in [2.75, 3.05) is 5.75 Å². The molecule has 1 N–H and O–H groups in total. The number of allylic oxidation sites excluding steroid dienone is 1. The number of thioether (sulfide) groups is 1. The maximum Gasteiger partial charge on any atom is 0.269 e. The second-order valence-electron chi connectivity index (χ2n) is 4.86. The number of nitro benzene ring substituents is 1. The van der Waals surface area contributed by atoms with Crippen LogP contribution in [0.4, 0.5) is 5.69 Å². The molecule has 22 heavy (non-hydrogen) atoms. The lowest BCUT2D eigenvalue weighted by Gasteiger charge is -2.24. The second-order valence-corrected chi connectivity index (χ2v) is 5.97. The molecule has 0 spiro atoms. The molecule has 1 unspecified atom stereocenters. The molecule has 1 atom stereocenters. The van der Waals surface area contributed by atoms with Gasteiger partial charge in [0.1, 0.15) is 0 Å². The molecule has 0 fully saturated rings. The summed E-state index contributed by atoms with van der Waals surface area (Å²) >= 11 is 1.43. The molecule has 6 nitrogen and oxygen atoms in total. The van der Waals surface area contributed by atoms with Gasteiger partial charge in [0.05, 0.1) is 21.6 Å². The molecule has 1 heterocycles. The van der Waals surface area contributed by atoms with E-state index in [0.29, 0.717) is 16.2 Å². The Balaban J connectivity index is 2.43. The van der Waals surface area contributed by atoms with Crippen LogP contribution in [0.5, 0.6) is 0 Å².